The number of imidazole rings is 1. The molecular weight excluding hydrogens is 711 g/mol. The average Bonchev–Trinajstić information content (AvgIpc) is 3.86. The van der Waals surface area contributed by atoms with Crippen LogP contribution in [0.5, 0.6) is 0 Å². The van der Waals surface area contributed by atoms with Gasteiger partial charge in [0.25, 0.3) is 0 Å². The number of furan rings is 1. The van der Waals surface area contributed by atoms with E-state index < -0.39 is 0 Å². The largest absolute Gasteiger partial charge is 0.456 e. The van der Waals surface area contributed by atoms with Gasteiger partial charge in [0.1, 0.15) is 56.2 Å². The summed E-state index contributed by atoms with van der Waals surface area (Å²) < 4.78 is 8.88. The van der Waals surface area contributed by atoms with Crippen molar-refractivity contribution in [2.75, 3.05) is 0 Å². The maximum atomic E-state index is 6.52. The molecule has 0 N–H and O–H groups in total. The first kappa shape index (κ1) is 35.3. The number of rotatable bonds is 5. The normalized spacial score (nSPS) is 11.7. The van der Waals surface area contributed by atoms with Crippen molar-refractivity contribution in [2.45, 2.75) is 0 Å². The first-order valence-electron chi connectivity index (χ1n) is 20.5. The van der Waals surface area contributed by atoms with Crippen LogP contribution in [-0.4, -0.2) is 48.8 Å². The third-order valence-corrected chi connectivity index (χ3v) is 13.0. The number of fused-ring (bicyclic) bond motifs is 6. The molecule has 0 aliphatic heterocycles. The Kier molecular flexibility index (Phi) is 8.13. The summed E-state index contributed by atoms with van der Waals surface area (Å²) in [5.41, 5.74) is 20.0. The van der Waals surface area contributed by atoms with Crippen LogP contribution in [0.2, 0.25) is 0 Å². The van der Waals surface area contributed by atoms with Gasteiger partial charge in [-0.1, -0.05) is 138 Å². The van der Waals surface area contributed by atoms with Crippen LogP contribution in [0.15, 0.2) is 168 Å². The van der Waals surface area contributed by atoms with Crippen molar-refractivity contribution in [1.82, 2.24) is 9.55 Å². The summed E-state index contributed by atoms with van der Waals surface area (Å²) >= 11 is 0. The number of aromatic nitrogens is 2. The van der Waals surface area contributed by atoms with Crippen molar-refractivity contribution in [3.05, 3.63) is 164 Å². The van der Waals surface area contributed by atoms with Gasteiger partial charge in [0.2, 0.25) is 0 Å². The Balaban J connectivity index is 1.30. The van der Waals surface area contributed by atoms with E-state index in [4.69, 9.17) is 9.40 Å². The van der Waals surface area contributed by atoms with Crippen LogP contribution in [-0.2, 0) is 0 Å². The minimum Gasteiger partial charge on any atom is -0.456 e. The molecule has 0 fully saturated rings. The van der Waals surface area contributed by atoms with Gasteiger partial charge in [-0.3, -0.25) is 4.57 Å². The number of benzene rings is 9. The van der Waals surface area contributed by atoms with Gasteiger partial charge < -0.3 is 4.42 Å². The molecule has 0 amide bonds. The van der Waals surface area contributed by atoms with Crippen LogP contribution in [0, 0.1) is 0 Å². The standard InChI is InChI=1S/C51H37B5N2O/c52-46-42(47(53)49(55)50(56)48(46)54)29-25-26-32-36(27-29)44(35-19-12-24-41-45(35)34-18-7-11-23-40(34)59-41)31-16-5-4-15-30(31)43(32)33-17-6-9-21-38(33)58-39-22-10-8-20-37(39)57-51(58)28-13-2-1-3-14-28/h1-27H,52-56H2. The summed E-state index contributed by atoms with van der Waals surface area (Å²) in [6, 6.07) is 59.0. The van der Waals surface area contributed by atoms with E-state index in [1.807, 2.05) is 0 Å². The van der Waals surface area contributed by atoms with E-state index in [2.05, 4.69) is 208 Å². The molecule has 0 aliphatic rings. The monoisotopic (exact) mass is 748 g/mol. The number of nitrogens with zero attached hydrogens (tertiary/aromatic N) is 2. The molecule has 8 heteroatoms. The van der Waals surface area contributed by atoms with Crippen LogP contribution < -0.4 is 27.3 Å². The van der Waals surface area contributed by atoms with Crippen molar-refractivity contribution >= 4 is 121 Å². The van der Waals surface area contributed by atoms with Crippen molar-refractivity contribution in [3.8, 4) is 50.5 Å². The van der Waals surface area contributed by atoms with Gasteiger partial charge in [-0.15, -0.1) is 16.4 Å². The van der Waals surface area contributed by atoms with Gasteiger partial charge in [-0.2, -0.15) is 0 Å². The summed E-state index contributed by atoms with van der Waals surface area (Å²) in [4.78, 5) is 5.26. The van der Waals surface area contributed by atoms with E-state index in [1.165, 1.54) is 76.7 Å². The third-order valence-electron chi connectivity index (χ3n) is 13.0. The minimum absolute atomic E-state index is 0.892. The first-order chi connectivity index (χ1) is 28.9. The highest BCUT2D eigenvalue weighted by Crippen LogP contribution is 2.49. The van der Waals surface area contributed by atoms with E-state index in [-0.39, 0.29) is 0 Å². The second-order valence-electron chi connectivity index (χ2n) is 16.0. The maximum Gasteiger partial charge on any atom is 0.145 e. The van der Waals surface area contributed by atoms with Crippen LogP contribution in [0.1, 0.15) is 0 Å². The summed E-state index contributed by atoms with van der Waals surface area (Å²) in [7, 11) is 11.4. The van der Waals surface area contributed by atoms with Crippen molar-refractivity contribution in [2.24, 2.45) is 0 Å². The summed E-state index contributed by atoms with van der Waals surface area (Å²) in [5.74, 6) is 0.918. The van der Waals surface area contributed by atoms with Crippen molar-refractivity contribution < 1.29 is 4.42 Å². The quantitative estimate of drug-likeness (QED) is 0.180. The van der Waals surface area contributed by atoms with Gasteiger partial charge >= 0.3 is 0 Å². The molecule has 272 valence electrons. The van der Waals surface area contributed by atoms with E-state index in [9.17, 15) is 0 Å². The van der Waals surface area contributed by atoms with Gasteiger partial charge in [0.15, 0.2) is 0 Å². The zero-order valence-electron chi connectivity index (χ0n) is 33.9. The van der Waals surface area contributed by atoms with E-state index in [0.29, 0.717) is 0 Å². The van der Waals surface area contributed by atoms with Crippen LogP contribution in [0.3, 0.4) is 0 Å². The highest BCUT2D eigenvalue weighted by Gasteiger charge is 2.24. The van der Waals surface area contributed by atoms with Gasteiger partial charge in [-0.25, -0.2) is 4.98 Å². The summed E-state index contributed by atoms with van der Waals surface area (Å²) in [6.07, 6.45) is 0. The topological polar surface area (TPSA) is 31.0 Å². The molecule has 0 spiro atoms. The predicted octanol–water partition coefficient (Wildman–Crippen LogP) is 5.19. The molecule has 0 saturated carbocycles. The molecule has 2 aromatic heterocycles. The van der Waals surface area contributed by atoms with Crippen LogP contribution in [0.25, 0.3) is 105 Å². The molecule has 0 atom stereocenters. The molecule has 3 nitrogen and oxygen atoms in total. The average molecular weight is 748 g/mol. The number of hydrogen-bond donors (Lipinski definition) is 0. The molecule has 0 unspecified atom stereocenters. The predicted molar refractivity (Wildman–Crippen MR) is 266 cm³/mol. The summed E-state index contributed by atoms with van der Waals surface area (Å²) in [5, 5.41) is 7.06. The van der Waals surface area contributed by atoms with E-state index in [1.54, 1.807) is 0 Å². The molecular formula is C51H37B5N2O. The zero-order chi connectivity index (χ0) is 39.9. The highest BCUT2D eigenvalue weighted by molar-refractivity contribution is 6.68. The number of para-hydroxylation sites is 4. The molecule has 11 rings (SSSR count). The second-order valence-corrected chi connectivity index (χ2v) is 16.0. The molecule has 9 aromatic carbocycles. The van der Waals surface area contributed by atoms with Crippen molar-refractivity contribution in [1.29, 1.82) is 0 Å². The lowest BCUT2D eigenvalue weighted by Crippen LogP contribution is -2.55. The second kappa shape index (κ2) is 13.6. The third kappa shape index (κ3) is 5.32. The van der Waals surface area contributed by atoms with Crippen molar-refractivity contribution in [3.63, 3.8) is 0 Å². The highest BCUT2D eigenvalue weighted by atomic mass is 16.3. The number of hydrogen-bond acceptors (Lipinski definition) is 2. The van der Waals surface area contributed by atoms with E-state index in [0.717, 1.165) is 55.6 Å². The smallest absolute Gasteiger partial charge is 0.145 e. The fourth-order valence-corrected chi connectivity index (χ4v) is 9.76. The lowest BCUT2D eigenvalue weighted by Gasteiger charge is -2.23. The maximum absolute atomic E-state index is 6.52. The molecule has 0 aliphatic carbocycles. The minimum atomic E-state index is 0.892. The first-order valence-corrected chi connectivity index (χ1v) is 20.5. The lowest BCUT2D eigenvalue weighted by atomic mass is 9.59. The Morgan fingerprint density at radius 2 is 0.983 bits per heavy atom. The SMILES string of the molecule is Bc1c(B)c(B)c(-c2ccc3c(-c4ccccc4-n4c(-c5ccccc5)nc5ccccc54)c4ccccc4c(-c4cccc5oc6ccccc6c45)c3c2)c(B)c1B. The Morgan fingerprint density at radius 1 is 0.407 bits per heavy atom. The Bertz CT molecular complexity index is 3490. The molecule has 59 heavy (non-hydrogen) atoms. The van der Waals surface area contributed by atoms with E-state index >= 15 is 0 Å². The Labute approximate surface area is 347 Å². The van der Waals surface area contributed by atoms with Crippen LogP contribution >= 0.6 is 0 Å². The van der Waals surface area contributed by atoms with Crippen LogP contribution in [0.4, 0.5) is 0 Å². The lowest BCUT2D eigenvalue weighted by molar-refractivity contribution is 0.669. The molecule has 0 saturated heterocycles. The summed E-state index contributed by atoms with van der Waals surface area (Å²) in [6.45, 7) is 0. The zero-order valence-corrected chi connectivity index (χ0v) is 33.9. The molecule has 2 heterocycles. The molecule has 0 radical (unpaired) electrons. The van der Waals surface area contributed by atoms with Gasteiger partial charge in [0, 0.05) is 21.9 Å². The Hall–Kier alpha value is -6.91. The fourth-order valence-electron chi connectivity index (χ4n) is 9.76. The van der Waals surface area contributed by atoms with Gasteiger partial charge in [-0.05, 0) is 85.8 Å². The van der Waals surface area contributed by atoms with Gasteiger partial charge in [0.05, 0.1) is 16.7 Å². The fraction of sp³-hybridized carbons (Fsp3) is 0. The molecule has 0 bridgehead atoms. The Morgan fingerprint density at radius 3 is 1.76 bits per heavy atom. The molecule has 11 aromatic rings.